The molecule has 0 atom stereocenters. The SMILES string of the molecule is C=CC#CC(OCCCC)OCCCC. The van der Waals surface area contributed by atoms with E-state index in [0.29, 0.717) is 13.2 Å². The molecule has 0 aromatic carbocycles. The molecule has 0 aliphatic carbocycles. The quantitative estimate of drug-likeness (QED) is 0.348. The number of allylic oxidation sites excluding steroid dienone is 1. The molecule has 0 spiro atoms. The first-order chi connectivity index (χ1) is 7.35. The minimum Gasteiger partial charge on any atom is -0.342 e. The molecule has 15 heavy (non-hydrogen) atoms. The van der Waals surface area contributed by atoms with Crippen molar-refractivity contribution in [2.45, 2.75) is 45.8 Å². The average molecular weight is 210 g/mol. The third kappa shape index (κ3) is 9.52. The Morgan fingerprint density at radius 3 is 2.07 bits per heavy atom. The summed E-state index contributed by atoms with van der Waals surface area (Å²) in [6, 6.07) is 0. The Morgan fingerprint density at radius 1 is 1.13 bits per heavy atom. The molecule has 0 unspecified atom stereocenters. The first kappa shape index (κ1) is 14.2. The lowest BCUT2D eigenvalue weighted by Gasteiger charge is -2.12. The Morgan fingerprint density at radius 2 is 1.67 bits per heavy atom. The Balaban J connectivity index is 3.78. The maximum Gasteiger partial charge on any atom is 0.222 e. The maximum absolute atomic E-state index is 5.49. The van der Waals surface area contributed by atoms with Crippen LogP contribution in [0, 0.1) is 11.8 Å². The van der Waals surface area contributed by atoms with Crippen LogP contribution in [-0.4, -0.2) is 19.5 Å². The van der Waals surface area contributed by atoms with E-state index in [4.69, 9.17) is 9.47 Å². The van der Waals surface area contributed by atoms with E-state index in [2.05, 4.69) is 32.3 Å². The summed E-state index contributed by atoms with van der Waals surface area (Å²) in [6.07, 6.45) is 5.50. The van der Waals surface area contributed by atoms with Gasteiger partial charge >= 0.3 is 0 Å². The molecule has 0 saturated heterocycles. The van der Waals surface area contributed by atoms with Gasteiger partial charge in [0.15, 0.2) is 0 Å². The number of ether oxygens (including phenoxy) is 2. The normalized spacial score (nSPS) is 9.80. The summed E-state index contributed by atoms with van der Waals surface area (Å²) in [7, 11) is 0. The van der Waals surface area contributed by atoms with Gasteiger partial charge in [-0.25, -0.2) is 0 Å². The van der Waals surface area contributed by atoms with Crippen LogP contribution in [0.25, 0.3) is 0 Å². The van der Waals surface area contributed by atoms with Crippen molar-refractivity contribution < 1.29 is 9.47 Å². The third-order valence-electron chi connectivity index (χ3n) is 1.84. The molecule has 0 amide bonds. The van der Waals surface area contributed by atoms with Crippen LogP contribution >= 0.6 is 0 Å². The molecule has 2 nitrogen and oxygen atoms in total. The second kappa shape index (κ2) is 11.3. The smallest absolute Gasteiger partial charge is 0.222 e. The van der Waals surface area contributed by atoms with Crippen LogP contribution < -0.4 is 0 Å². The van der Waals surface area contributed by atoms with E-state index in [1.807, 2.05) is 0 Å². The summed E-state index contributed by atoms with van der Waals surface area (Å²) in [5.41, 5.74) is 0. The Bertz CT molecular complexity index is 190. The van der Waals surface area contributed by atoms with Gasteiger partial charge in [0.1, 0.15) is 0 Å². The zero-order valence-corrected chi connectivity index (χ0v) is 9.92. The van der Waals surface area contributed by atoms with Crippen LogP contribution in [0.15, 0.2) is 12.7 Å². The van der Waals surface area contributed by atoms with Crippen molar-refractivity contribution >= 4 is 0 Å². The largest absolute Gasteiger partial charge is 0.342 e. The monoisotopic (exact) mass is 210 g/mol. The molecule has 0 aromatic rings. The van der Waals surface area contributed by atoms with E-state index >= 15 is 0 Å². The highest BCUT2D eigenvalue weighted by atomic mass is 16.7. The summed E-state index contributed by atoms with van der Waals surface area (Å²) in [5, 5.41) is 0. The van der Waals surface area contributed by atoms with Crippen LogP contribution in [0.1, 0.15) is 39.5 Å². The summed E-state index contributed by atoms with van der Waals surface area (Å²) in [4.78, 5) is 0. The molecule has 0 aromatic heterocycles. The molecule has 0 fully saturated rings. The van der Waals surface area contributed by atoms with Gasteiger partial charge in [-0.1, -0.05) is 39.2 Å². The lowest BCUT2D eigenvalue weighted by atomic mass is 10.3. The lowest BCUT2D eigenvalue weighted by molar-refractivity contribution is -0.106. The fraction of sp³-hybridized carbons (Fsp3) is 0.692. The highest BCUT2D eigenvalue weighted by Gasteiger charge is 2.03. The zero-order valence-electron chi connectivity index (χ0n) is 9.92. The standard InChI is InChI=1S/C13H22O2/c1-4-7-10-13(14-11-8-5-2)15-12-9-6-3/h4,13H,1,5-6,8-9,11-12H2,2-3H3. The van der Waals surface area contributed by atoms with E-state index in [9.17, 15) is 0 Å². The van der Waals surface area contributed by atoms with Gasteiger partial charge < -0.3 is 9.47 Å². The second-order valence-electron chi connectivity index (χ2n) is 3.27. The number of unbranched alkanes of at least 4 members (excludes halogenated alkanes) is 2. The second-order valence-corrected chi connectivity index (χ2v) is 3.27. The Labute approximate surface area is 93.7 Å². The van der Waals surface area contributed by atoms with E-state index in [-0.39, 0.29) is 6.29 Å². The van der Waals surface area contributed by atoms with Crippen LogP contribution in [-0.2, 0) is 9.47 Å². The van der Waals surface area contributed by atoms with Gasteiger partial charge in [-0.15, -0.1) is 0 Å². The molecule has 0 rings (SSSR count). The molecule has 0 bridgehead atoms. The van der Waals surface area contributed by atoms with E-state index in [0.717, 1.165) is 25.7 Å². The van der Waals surface area contributed by atoms with Gasteiger partial charge in [0.2, 0.25) is 6.29 Å². The van der Waals surface area contributed by atoms with Gasteiger partial charge in [0.25, 0.3) is 0 Å². The summed E-state index contributed by atoms with van der Waals surface area (Å²) in [6.45, 7) is 9.22. The first-order valence-electron chi connectivity index (χ1n) is 5.70. The van der Waals surface area contributed by atoms with Crippen molar-refractivity contribution in [3.63, 3.8) is 0 Å². The molecule has 0 aliphatic rings. The van der Waals surface area contributed by atoms with Gasteiger partial charge in [-0.3, -0.25) is 0 Å². The zero-order chi connectivity index (χ0) is 11.4. The molecule has 86 valence electrons. The number of hydrogen-bond acceptors (Lipinski definition) is 2. The van der Waals surface area contributed by atoms with Crippen molar-refractivity contribution in [3.8, 4) is 11.8 Å². The van der Waals surface area contributed by atoms with Crippen LogP contribution in [0.5, 0.6) is 0 Å². The lowest BCUT2D eigenvalue weighted by Crippen LogP contribution is -2.16. The molecule has 0 N–H and O–H groups in total. The van der Waals surface area contributed by atoms with Crippen molar-refractivity contribution in [2.24, 2.45) is 0 Å². The van der Waals surface area contributed by atoms with Crippen molar-refractivity contribution in [1.29, 1.82) is 0 Å². The molecule has 0 heterocycles. The third-order valence-corrected chi connectivity index (χ3v) is 1.84. The summed E-state index contributed by atoms with van der Waals surface area (Å²) in [5.74, 6) is 5.64. The van der Waals surface area contributed by atoms with Gasteiger partial charge in [-0.05, 0) is 24.8 Å². The number of hydrogen-bond donors (Lipinski definition) is 0. The highest BCUT2D eigenvalue weighted by molar-refractivity contribution is 5.13. The minimum atomic E-state index is -0.388. The molecule has 0 saturated carbocycles. The molecule has 0 aliphatic heterocycles. The van der Waals surface area contributed by atoms with Gasteiger partial charge in [-0.2, -0.15) is 0 Å². The molecular weight excluding hydrogens is 188 g/mol. The van der Waals surface area contributed by atoms with Crippen molar-refractivity contribution in [3.05, 3.63) is 12.7 Å². The summed E-state index contributed by atoms with van der Waals surface area (Å²) < 4.78 is 11.0. The molecule has 2 heteroatoms. The fourth-order valence-electron chi connectivity index (χ4n) is 0.928. The predicted molar refractivity (Wildman–Crippen MR) is 63.5 cm³/mol. The van der Waals surface area contributed by atoms with Crippen LogP contribution in [0.2, 0.25) is 0 Å². The first-order valence-corrected chi connectivity index (χ1v) is 5.70. The van der Waals surface area contributed by atoms with Gasteiger partial charge in [0, 0.05) is 0 Å². The molecule has 0 radical (unpaired) electrons. The van der Waals surface area contributed by atoms with E-state index in [1.165, 1.54) is 0 Å². The maximum atomic E-state index is 5.49. The molecular formula is C13H22O2. The highest BCUT2D eigenvalue weighted by Crippen LogP contribution is 1.99. The average Bonchev–Trinajstić information content (AvgIpc) is 2.25. The summed E-state index contributed by atoms with van der Waals surface area (Å²) >= 11 is 0. The van der Waals surface area contributed by atoms with Gasteiger partial charge in [0.05, 0.1) is 13.2 Å². The topological polar surface area (TPSA) is 18.5 Å². The minimum absolute atomic E-state index is 0.388. The van der Waals surface area contributed by atoms with Crippen LogP contribution in [0.4, 0.5) is 0 Å². The number of rotatable bonds is 8. The van der Waals surface area contributed by atoms with Crippen molar-refractivity contribution in [1.82, 2.24) is 0 Å². The van der Waals surface area contributed by atoms with E-state index < -0.39 is 0 Å². The van der Waals surface area contributed by atoms with Crippen molar-refractivity contribution in [2.75, 3.05) is 13.2 Å². The van der Waals surface area contributed by atoms with E-state index in [1.54, 1.807) is 6.08 Å². The Kier molecular flexibility index (Phi) is 10.7. The fourth-order valence-corrected chi connectivity index (χ4v) is 0.928. The predicted octanol–water partition coefficient (Wildman–Crippen LogP) is 3.14. The Hall–Kier alpha value is -0.780. The van der Waals surface area contributed by atoms with Crippen LogP contribution in [0.3, 0.4) is 0 Å².